The van der Waals surface area contributed by atoms with Crippen molar-refractivity contribution >= 4 is 0 Å². The number of likely N-dealkylation sites (N-methyl/N-ethyl adjacent to an activating group) is 1. The van der Waals surface area contributed by atoms with Crippen molar-refractivity contribution in [2.24, 2.45) is 0 Å². The lowest BCUT2D eigenvalue weighted by Gasteiger charge is -2.42. The first-order valence-electron chi connectivity index (χ1n) is 10.2. The molecule has 1 heterocycles. The number of aromatic hydroxyl groups is 1. The summed E-state index contributed by atoms with van der Waals surface area (Å²) >= 11 is 0. The molecule has 1 unspecified atom stereocenters. The minimum atomic E-state index is 0.401. The normalized spacial score (nSPS) is 18.9. The predicted molar refractivity (Wildman–Crippen MR) is 112 cm³/mol. The highest BCUT2D eigenvalue weighted by molar-refractivity contribution is 5.31. The van der Waals surface area contributed by atoms with Crippen LogP contribution in [0.3, 0.4) is 0 Å². The molecule has 1 aliphatic rings. The van der Waals surface area contributed by atoms with Gasteiger partial charge in [-0.3, -0.25) is 9.80 Å². The molecule has 4 nitrogen and oxygen atoms in total. The first-order chi connectivity index (χ1) is 13.2. The van der Waals surface area contributed by atoms with Gasteiger partial charge in [-0.2, -0.15) is 0 Å². The summed E-state index contributed by atoms with van der Waals surface area (Å²) in [6.45, 7) is 12.8. The van der Waals surface area contributed by atoms with Crippen molar-refractivity contribution in [3.05, 3.63) is 65.7 Å². The molecule has 0 radical (unpaired) electrons. The lowest BCUT2D eigenvalue weighted by molar-refractivity contribution is 0.0611. The highest BCUT2D eigenvalue weighted by atomic mass is 16.3. The Balaban J connectivity index is 1.70. The molecule has 1 aliphatic heterocycles. The summed E-state index contributed by atoms with van der Waals surface area (Å²) < 4.78 is 0. The van der Waals surface area contributed by atoms with Crippen molar-refractivity contribution in [3.63, 3.8) is 0 Å². The first-order valence-corrected chi connectivity index (χ1v) is 10.2. The number of hydrogen-bond acceptors (Lipinski definition) is 4. The second-order valence-electron chi connectivity index (χ2n) is 7.35. The summed E-state index contributed by atoms with van der Waals surface area (Å²) in [5.41, 5.74) is 2.40. The van der Waals surface area contributed by atoms with Gasteiger partial charge in [0.1, 0.15) is 5.75 Å². The number of phenols is 1. The molecule has 1 atom stereocenters. The maximum atomic E-state index is 10.1. The molecule has 0 aliphatic carbocycles. The van der Waals surface area contributed by atoms with Gasteiger partial charge in [-0.05, 0) is 24.7 Å². The maximum Gasteiger partial charge on any atom is 0.120 e. The van der Waals surface area contributed by atoms with Gasteiger partial charge in [-0.25, -0.2) is 0 Å². The van der Waals surface area contributed by atoms with Crippen LogP contribution in [-0.2, 0) is 6.54 Å². The molecule has 1 fully saturated rings. The molecule has 27 heavy (non-hydrogen) atoms. The van der Waals surface area contributed by atoms with Crippen LogP contribution in [0.1, 0.15) is 31.0 Å². The summed E-state index contributed by atoms with van der Waals surface area (Å²) in [7, 11) is 0. The molecule has 1 saturated heterocycles. The fraction of sp³-hybridized carbons (Fsp3) is 0.478. The third-order valence-corrected chi connectivity index (χ3v) is 5.74. The summed E-state index contributed by atoms with van der Waals surface area (Å²) in [5, 5.41) is 10.1. The molecule has 2 aromatic carbocycles. The van der Waals surface area contributed by atoms with E-state index in [1.165, 1.54) is 5.56 Å². The minimum absolute atomic E-state index is 0.401. The van der Waals surface area contributed by atoms with Crippen molar-refractivity contribution in [2.45, 2.75) is 26.4 Å². The Morgan fingerprint density at radius 3 is 2.37 bits per heavy atom. The van der Waals surface area contributed by atoms with E-state index < -0.39 is 0 Å². The van der Waals surface area contributed by atoms with Crippen LogP contribution in [0.2, 0.25) is 0 Å². The molecule has 1 N–H and O–H groups in total. The lowest BCUT2D eigenvalue weighted by Crippen LogP contribution is -2.50. The Morgan fingerprint density at radius 1 is 0.963 bits per heavy atom. The highest BCUT2D eigenvalue weighted by Gasteiger charge is 2.28. The predicted octanol–water partition coefficient (Wildman–Crippen LogP) is 3.59. The van der Waals surface area contributed by atoms with Crippen molar-refractivity contribution in [1.29, 1.82) is 0 Å². The van der Waals surface area contributed by atoms with Crippen LogP contribution in [0.25, 0.3) is 0 Å². The van der Waals surface area contributed by atoms with Crippen LogP contribution >= 0.6 is 0 Å². The van der Waals surface area contributed by atoms with Gasteiger partial charge in [0.05, 0.1) is 0 Å². The average molecular weight is 368 g/mol. The number of rotatable bonds is 8. The van der Waals surface area contributed by atoms with E-state index in [-0.39, 0.29) is 0 Å². The molecule has 146 valence electrons. The topological polar surface area (TPSA) is 30.0 Å². The van der Waals surface area contributed by atoms with Crippen molar-refractivity contribution in [3.8, 4) is 5.75 Å². The van der Waals surface area contributed by atoms with Gasteiger partial charge in [0.2, 0.25) is 0 Å². The molecular formula is C23H33N3O. The second kappa shape index (κ2) is 9.88. The largest absolute Gasteiger partial charge is 0.508 e. The van der Waals surface area contributed by atoms with E-state index >= 15 is 0 Å². The number of piperazine rings is 1. The average Bonchev–Trinajstić information content (AvgIpc) is 2.72. The number of benzene rings is 2. The number of phenolic OH excluding ortho intramolecular Hbond substituents is 1. The lowest BCUT2D eigenvalue weighted by atomic mass is 10.0. The SMILES string of the molecule is CCN(CC)CCN1CCN(Cc2ccccc2O)CC1c1ccccc1. The fourth-order valence-electron chi connectivity index (χ4n) is 3.97. The molecule has 3 rings (SSSR count). The van der Waals surface area contributed by atoms with E-state index in [1.807, 2.05) is 18.2 Å². The Hall–Kier alpha value is -1.88. The number of nitrogens with zero attached hydrogens (tertiary/aromatic N) is 3. The van der Waals surface area contributed by atoms with E-state index in [0.29, 0.717) is 11.8 Å². The number of para-hydroxylation sites is 1. The quantitative estimate of drug-likeness (QED) is 0.772. The van der Waals surface area contributed by atoms with Gasteiger partial charge in [-0.15, -0.1) is 0 Å². The third kappa shape index (κ3) is 5.32. The Morgan fingerprint density at radius 2 is 1.67 bits per heavy atom. The van der Waals surface area contributed by atoms with E-state index in [1.54, 1.807) is 6.07 Å². The van der Waals surface area contributed by atoms with Crippen LogP contribution in [0, 0.1) is 0 Å². The van der Waals surface area contributed by atoms with Crippen molar-refractivity contribution < 1.29 is 5.11 Å². The monoisotopic (exact) mass is 367 g/mol. The maximum absolute atomic E-state index is 10.1. The zero-order valence-corrected chi connectivity index (χ0v) is 16.7. The summed E-state index contributed by atoms with van der Waals surface area (Å²) in [4.78, 5) is 7.60. The van der Waals surface area contributed by atoms with E-state index in [2.05, 4.69) is 58.9 Å². The van der Waals surface area contributed by atoms with Crippen LogP contribution in [-0.4, -0.2) is 65.6 Å². The van der Waals surface area contributed by atoms with Gasteiger partial charge >= 0.3 is 0 Å². The van der Waals surface area contributed by atoms with Crippen LogP contribution in [0.15, 0.2) is 54.6 Å². The van der Waals surface area contributed by atoms with Gasteiger partial charge < -0.3 is 10.0 Å². The second-order valence-corrected chi connectivity index (χ2v) is 7.35. The van der Waals surface area contributed by atoms with E-state index in [4.69, 9.17) is 0 Å². The molecule has 2 aromatic rings. The standard InChI is InChI=1S/C23H33N3O/c1-3-24(4-2)14-16-26-17-15-25(18-21-12-8-9-13-23(21)27)19-22(26)20-10-6-5-7-11-20/h5-13,22,27H,3-4,14-19H2,1-2H3. The van der Waals surface area contributed by atoms with E-state index in [0.717, 1.165) is 57.9 Å². The number of hydrogen-bond donors (Lipinski definition) is 1. The minimum Gasteiger partial charge on any atom is -0.508 e. The molecule has 0 bridgehead atoms. The van der Waals surface area contributed by atoms with Crippen LogP contribution in [0.4, 0.5) is 0 Å². The summed E-state index contributed by atoms with van der Waals surface area (Å²) in [5.74, 6) is 0.401. The Kier molecular flexibility index (Phi) is 7.27. The third-order valence-electron chi connectivity index (χ3n) is 5.74. The van der Waals surface area contributed by atoms with Gasteiger partial charge in [-0.1, -0.05) is 62.4 Å². The highest BCUT2D eigenvalue weighted by Crippen LogP contribution is 2.27. The molecule has 0 spiro atoms. The fourth-order valence-corrected chi connectivity index (χ4v) is 3.97. The van der Waals surface area contributed by atoms with Crippen LogP contribution in [0.5, 0.6) is 5.75 Å². The summed E-state index contributed by atoms with van der Waals surface area (Å²) in [6.07, 6.45) is 0. The molecular weight excluding hydrogens is 334 g/mol. The smallest absolute Gasteiger partial charge is 0.120 e. The van der Waals surface area contributed by atoms with Crippen LogP contribution < -0.4 is 0 Å². The zero-order valence-electron chi connectivity index (χ0n) is 16.7. The van der Waals surface area contributed by atoms with Gasteiger partial charge in [0.25, 0.3) is 0 Å². The zero-order chi connectivity index (χ0) is 19.1. The first kappa shape index (κ1) is 19.9. The molecule has 0 aromatic heterocycles. The summed E-state index contributed by atoms with van der Waals surface area (Å²) in [6, 6.07) is 19.0. The van der Waals surface area contributed by atoms with Crippen molar-refractivity contribution in [2.75, 3.05) is 45.8 Å². The van der Waals surface area contributed by atoms with Gasteiger partial charge in [0.15, 0.2) is 0 Å². The van der Waals surface area contributed by atoms with Crippen molar-refractivity contribution in [1.82, 2.24) is 14.7 Å². The molecule has 0 saturated carbocycles. The Bertz CT molecular complexity index is 687. The molecule has 0 amide bonds. The van der Waals surface area contributed by atoms with E-state index in [9.17, 15) is 5.11 Å². The van der Waals surface area contributed by atoms with Gasteiger partial charge in [0, 0.05) is 50.9 Å². The Labute approximate surface area is 164 Å². The molecule has 4 heteroatoms.